The van der Waals surface area contributed by atoms with E-state index < -0.39 is 0 Å². The van der Waals surface area contributed by atoms with Crippen LogP contribution in [0.4, 0.5) is 0 Å². The molecule has 2 saturated carbocycles. The zero-order valence-corrected chi connectivity index (χ0v) is 12.4. The van der Waals surface area contributed by atoms with Crippen molar-refractivity contribution in [2.75, 3.05) is 6.54 Å². The Morgan fingerprint density at radius 2 is 1.79 bits per heavy atom. The molecule has 0 radical (unpaired) electrons. The van der Waals surface area contributed by atoms with E-state index in [0.29, 0.717) is 11.5 Å². The highest BCUT2D eigenvalue weighted by atomic mass is 14.9. The zero-order valence-electron chi connectivity index (χ0n) is 12.4. The lowest BCUT2D eigenvalue weighted by Gasteiger charge is -2.33. The summed E-state index contributed by atoms with van der Waals surface area (Å²) in [5.74, 6) is 1.64. The summed E-state index contributed by atoms with van der Waals surface area (Å²) >= 11 is 0. The molecule has 2 fully saturated rings. The van der Waals surface area contributed by atoms with E-state index in [4.69, 9.17) is 0 Å². The van der Waals surface area contributed by atoms with Crippen LogP contribution in [0, 0.1) is 11.3 Å². The first-order valence-electron chi connectivity index (χ1n) is 7.95. The number of hydrogen-bond acceptors (Lipinski definition) is 1. The molecule has 1 N–H and O–H groups in total. The number of nitrogens with one attached hydrogen (secondary N) is 1. The van der Waals surface area contributed by atoms with E-state index in [1.807, 2.05) is 0 Å². The minimum atomic E-state index is 0.601. The van der Waals surface area contributed by atoms with Gasteiger partial charge < -0.3 is 5.32 Å². The van der Waals surface area contributed by atoms with Crippen molar-refractivity contribution in [1.29, 1.82) is 0 Å². The van der Waals surface area contributed by atoms with Gasteiger partial charge in [0.1, 0.15) is 0 Å². The molecule has 0 spiro atoms. The minimum Gasteiger partial charge on any atom is -0.313 e. The molecule has 1 aromatic rings. The Morgan fingerprint density at radius 3 is 2.47 bits per heavy atom. The minimum absolute atomic E-state index is 0.601. The largest absolute Gasteiger partial charge is 0.313 e. The van der Waals surface area contributed by atoms with Crippen LogP contribution < -0.4 is 5.32 Å². The van der Waals surface area contributed by atoms with Crippen LogP contribution in [0.1, 0.15) is 57.4 Å². The number of rotatable bonds is 4. The Morgan fingerprint density at radius 1 is 1.11 bits per heavy atom. The molecule has 3 rings (SSSR count). The average molecular weight is 257 g/mol. The van der Waals surface area contributed by atoms with Gasteiger partial charge in [-0.2, -0.15) is 0 Å². The van der Waals surface area contributed by atoms with Gasteiger partial charge in [0.2, 0.25) is 0 Å². The summed E-state index contributed by atoms with van der Waals surface area (Å²) in [5.41, 5.74) is 2.14. The second-order valence-electron chi connectivity index (χ2n) is 7.21. The molecule has 0 aliphatic heterocycles. The van der Waals surface area contributed by atoms with E-state index in [-0.39, 0.29) is 0 Å². The van der Waals surface area contributed by atoms with Crippen LogP contribution in [0.5, 0.6) is 0 Å². The van der Waals surface area contributed by atoms with Crippen molar-refractivity contribution in [1.82, 2.24) is 5.32 Å². The molecule has 104 valence electrons. The zero-order chi connectivity index (χ0) is 13.3. The highest BCUT2D eigenvalue weighted by molar-refractivity contribution is 5.22. The van der Waals surface area contributed by atoms with Gasteiger partial charge in [-0.25, -0.2) is 0 Å². The summed E-state index contributed by atoms with van der Waals surface area (Å²) in [7, 11) is 0. The molecule has 1 nitrogen and oxygen atoms in total. The van der Waals surface area contributed by atoms with Gasteiger partial charge >= 0.3 is 0 Å². The van der Waals surface area contributed by atoms with E-state index in [9.17, 15) is 0 Å². The highest BCUT2D eigenvalue weighted by Gasteiger charge is 2.45. The topological polar surface area (TPSA) is 12.0 Å². The Hall–Kier alpha value is -0.820. The first-order valence-corrected chi connectivity index (χ1v) is 7.95. The van der Waals surface area contributed by atoms with Crippen LogP contribution in [0.25, 0.3) is 0 Å². The van der Waals surface area contributed by atoms with Crippen LogP contribution in [0.3, 0.4) is 0 Å². The van der Waals surface area contributed by atoms with Crippen molar-refractivity contribution in [2.24, 2.45) is 11.3 Å². The molecule has 19 heavy (non-hydrogen) atoms. The normalized spacial score (nSPS) is 33.1. The second kappa shape index (κ2) is 5.28. The standard InChI is InChI=1S/C18H27N/c1-18(2)12-15(18)13-19-17-11-7-6-10-16(17)14-8-4-3-5-9-14/h3-5,8-9,15-17,19H,6-7,10-13H2,1-2H3. The maximum Gasteiger partial charge on any atom is 0.0136 e. The molecule has 1 aromatic carbocycles. The summed E-state index contributed by atoms with van der Waals surface area (Å²) in [5, 5.41) is 3.89. The molecule has 2 aliphatic carbocycles. The van der Waals surface area contributed by atoms with Crippen molar-refractivity contribution in [3.63, 3.8) is 0 Å². The molecule has 0 aromatic heterocycles. The number of hydrogen-bond donors (Lipinski definition) is 1. The van der Waals surface area contributed by atoms with E-state index in [1.54, 1.807) is 0 Å². The summed E-state index contributed by atoms with van der Waals surface area (Å²) in [6.07, 6.45) is 6.91. The molecule has 3 unspecified atom stereocenters. The predicted molar refractivity (Wildman–Crippen MR) is 81.3 cm³/mol. The lowest BCUT2D eigenvalue weighted by molar-refractivity contribution is 0.319. The maximum atomic E-state index is 3.89. The van der Waals surface area contributed by atoms with Gasteiger partial charge in [-0.05, 0) is 48.6 Å². The Kier molecular flexibility index (Phi) is 3.66. The van der Waals surface area contributed by atoms with Crippen molar-refractivity contribution >= 4 is 0 Å². The SMILES string of the molecule is CC1(C)CC1CNC1CCCCC1c1ccccc1. The van der Waals surface area contributed by atoms with Crippen molar-refractivity contribution < 1.29 is 0 Å². The Labute approximate surface area is 117 Å². The first-order chi connectivity index (χ1) is 9.17. The average Bonchev–Trinajstić information content (AvgIpc) is 3.05. The van der Waals surface area contributed by atoms with Crippen LogP contribution in [0.2, 0.25) is 0 Å². The van der Waals surface area contributed by atoms with E-state index in [2.05, 4.69) is 49.5 Å². The van der Waals surface area contributed by atoms with Crippen LogP contribution in [-0.2, 0) is 0 Å². The molecule has 0 bridgehead atoms. The van der Waals surface area contributed by atoms with Gasteiger partial charge in [0, 0.05) is 6.04 Å². The third kappa shape index (κ3) is 3.02. The smallest absolute Gasteiger partial charge is 0.0136 e. The number of benzene rings is 1. The second-order valence-corrected chi connectivity index (χ2v) is 7.21. The molecular formula is C18H27N. The fraction of sp³-hybridized carbons (Fsp3) is 0.667. The van der Waals surface area contributed by atoms with Crippen molar-refractivity contribution in [3.8, 4) is 0 Å². The van der Waals surface area contributed by atoms with Crippen molar-refractivity contribution in [3.05, 3.63) is 35.9 Å². The maximum absolute atomic E-state index is 3.89. The van der Waals surface area contributed by atoms with Crippen LogP contribution in [0.15, 0.2) is 30.3 Å². The van der Waals surface area contributed by atoms with Gasteiger partial charge in [0.15, 0.2) is 0 Å². The molecule has 0 heterocycles. The fourth-order valence-electron chi connectivity index (χ4n) is 3.69. The quantitative estimate of drug-likeness (QED) is 0.845. The van der Waals surface area contributed by atoms with Gasteiger partial charge in [-0.3, -0.25) is 0 Å². The van der Waals surface area contributed by atoms with Crippen molar-refractivity contribution in [2.45, 2.75) is 57.9 Å². The third-order valence-electron chi connectivity index (χ3n) is 5.34. The Bertz CT molecular complexity index is 409. The molecule has 3 atom stereocenters. The summed E-state index contributed by atoms with van der Waals surface area (Å²) in [4.78, 5) is 0. The van der Waals surface area contributed by atoms with E-state index >= 15 is 0 Å². The van der Waals surface area contributed by atoms with Crippen LogP contribution in [-0.4, -0.2) is 12.6 Å². The van der Waals surface area contributed by atoms with Gasteiger partial charge in [-0.15, -0.1) is 0 Å². The third-order valence-corrected chi connectivity index (χ3v) is 5.34. The van der Waals surface area contributed by atoms with Gasteiger partial charge in [0.05, 0.1) is 0 Å². The van der Waals surface area contributed by atoms with Crippen LogP contribution >= 0.6 is 0 Å². The molecule has 0 amide bonds. The summed E-state index contributed by atoms with van der Waals surface area (Å²) in [6, 6.07) is 11.8. The monoisotopic (exact) mass is 257 g/mol. The fourth-order valence-corrected chi connectivity index (χ4v) is 3.69. The van der Waals surface area contributed by atoms with Gasteiger partial charge in [-0.1, -0.05) is 57.0 Å². The lowest BCUT2D eigenvalue weighted by atomic mass is 9.80. The molecule has 1 heteroatoms. The summed E-state index contributed by atoms with van der Waals surface area (Å²) < 4.78 is 0. The molecular weight excluding hydrogens is 230 g/mol. The summed E-state index contributed by atoms with van der Waals surface area (Å²) in [6.45, 7) is 6.02. The highest BCUT2D eigenvalue weighted by Crippen LogP contribution is 2.51. The van der Waals surface area contributed by atoms with Gasteiger partial charge in [0.25, 0.3) is 0 Å². The van der Waals surface area contributed by atoms with E-state index in [0.717, 1.165) is 11.8 Å². The predicted octanol–water partition coefficient (Wildman–Crippen LogP) is 4.35. The lowest BCUT2D eigenvalue weighted by Crippen LogP contribution is -2.38. The van der Waals surface area contributed by atoms with E-state index in [1.165, 1.54) is 44.2 Å². The molecule has 2 aliphatic rings. The Balaban J connectivity index is 1.61. The molecule has 0 saturated heterocycles. The first kappa shape index (κ1) is 13.2.